The van der Waals surface area contributed by atoms with Crippen molar-refractivity contribution in [2.75, 3.05) is 6.61 Å². The molecule has 0 heterocycles. The summed E-state index contributed by atoms with van der Waals surface area (Å²) < 4.78 is 7.41. The fourth-order valence-corrected chi connectivity index (χ4v) is 13.5. The molecule has 6 unspecified atom stereocenters. The predicted molar refractivity (Wildman–Crippen MR) is 183 cm³/mol. The molecule has 2 saturated carbocycles. The van der Waals surface area contributed by atoms with Crippen LogP contribution in [0.1, 0.15) is 45.4 Å². The predicted octanol–water partition coefficient (Wildman–Crippen LogP) is 2.00. The van der Waals surface area contributed by atoms with Gasteiger partial charge in [0.05, 0.1) is 0 Å². The van der Waals surface area contributed by atoms with Crippen molar-refractivity contribution in [1.29, 1.82) is 0 Å². The minimum Gasteiger partial charge on any atom is -1.00 e. The summed E-state index contributed by atoms with van der Waals surface area (Å²) in [4.78, 5) is 0. The molecule has 1 nitrogen and oxygen atoms in total. The molecule has 46 heavy (non-hydrogen) atoms. The third kappa shape index (κ3) is 7.02. The molecule has 0 N–H and O–H groups in total. The molecule has 4 aliphatic carbocycles. The summed E-state index contributed by atoms with van der Waals surface area (Å²) in [5, 5.41) is 3.97. The van der Waals surface area contributed by atoms with Crippen LogP contribution in [0.5, 0.6) is 0 Å². The van der Waals surface area contributed by atoms with Gasteiger partial charge >= 0.3 is 26.2 Å². The van der Waals surface area contributed by atoms with Crippen LogP contribution in [-0.4, -0.2) is 14.9 Å². The van der Waals surface area contributed by atoms with E-state index in [0.29, 0.717) is 17.3 Å². The Bertz CT molecular complexity index is 1350. The van der Waals surface area contributed by atoms with Gasteiger partial charge in [-0.2, -0.15) is 0 Å². The van der Waals surface area contributed by atoms with Gasteiger partial charge < -0.3 is 29.2 Å². The largest absolute Gasteiger partial charge is 2.00 e. The van der Waals surface area contributed by atoms with E-state index in [0.717, 1.165) is 36.7 Å². The molecule has 5 heteroatoms. The van der Waals surface area contributed by atoms with Crippen molar-refractivity contribution in [3.8, 4) is 0 Å². The molecular weight excluding hydrogens is 699 g/mol. The molecule has 7 rings (SSSR count). The van der Waals surface area contributed by atoms with E-state index in [1.54, 1.807) is 0 Å². The smallest absolute Gasteiger partial charge is 1.00 e. The van der Waals surface area contributed by atoms with Crippen molar-refractivity contribution in [1.82, 2.24) is 0 Å². The second kappa shape index (κ2) is 16.6. The van der Waals surface area contributed by atoms with Crippen LogP contribution in [0.15, 0.2) is 140 Å². The van der Waals surface area contributed by atoms with E-state index in [-0.39, 0.29) is 51.0 Å². The summed E-state index contributed by atoms with van der Waals surface area (Å²) in [6, 6.07) is 33.2. The zero-order valence-corrected chi connectivity index (χ0v) is 31.8. The van der Waals surface area contributed by atoms with Crippen molar-refractivity contribution in [3.63, 3.8) is 0 Å². The zero-order valence-electron chi connectivity index (χ0n) is 26.9. The molecule has 0 aliphatic heterocycles. The summed E-state index contributed by atoms with van der Waals surface area (Å²) >= 11 is 0. The number of hydrogen-bond acceptors (Lipinski definition) is 1. The molecule has 0 radical (unpaired) electrons. The molecule has 0 bridgehead atoms. The SMILES string of the molecule is CC(CCCO[Si](c1ccccc1)(c1ccccc1)c1ccccc1)(C1CCC2C=CC=CC21)C1CCC2C=CC=CC21.[Cl-].[Cl-].[Zr+2]. The number of benzene rings is 3. The summed E-state index contributed by atoms with van der Waals surface area (Å²) in [6.45, 7) is 3.47. The Kier molecular flexibility index (Phi) is 13.4. The van der Waals surface area contributed by atoms with Gasteiger partial charge in [-0.25, -0.2) is 0 Å². The quantitative estimate of drug-likeness (QED) is 0.176. The van der Waals surface area contributed by atoms with Gasteiger partial charge in [-0.05, 0) is 95.0 Å². The third-order valence-corrected chi connectivity index (χ3v) is 15.6. The van der Waals surface area contributed by atoms with Gasteiger partial charge in [0.15, 0.2) is 0 Å². The summed E-state index contributed by atoms with van der Waals surface area (Å²) in [6.07, 6.45) is 27.0. The Morgan fingerprint density at radius 1 is 0.587 bits per heavy atom. The van der Waals surface area contributed by atoms with Crippen LogP contribution in [0, 0.1) is 40.9 Å². The minimum atomic E-state index is -2.68. The molecule has 3 aromatic rings. The second-order valence-corrected chi connectivity index (χ2v) is 17.0. The fourth-order valence-electron chi connectivity index (χ4n) is 9.54. The minimum absolute atomic E-state index is 0. The monoisotopic (exact) mass is 742 g/mol. The number of halogens is 2. The van der Waals surface area contributed by atoms with E-state index in [1.165, 1.54) is 47.7 Å². The van der Waals surface area contributed by atoms with E-state index in [2.05, 4.69) is 147 Å². The summed E-state index contributed by atoms with van der Waals surface area (Å²) in [5.41, 5.74) is 0.295. The first-order chi connectivity index (χ1) is 21.2. The molecule has 0 spiro atoms. The molecule has 0 amide bonds. The fraction of sp³-hybridized carbons (Fsp3) is 0.366. The van der Waals surface area contributed by atoms with Gasteiger partial charge in [-0.1, -0.05) is 147 Å². The van der Waals surface area contributed by atoms with Crippen molar-refractivity contribution in [3.05, 3.63) is 140 Å². The summed E-state index contributed by atoms with van der Waals surface area (Å²) in [5.74, 6) is 4.29. The van der Waals surface area contributed by atoms with Gasteiger partial charge in [0.25, 0.3) is 8.32 Å². The van der Waals surface area contributed by atoms with Gasteiger partial charge in [-0.15, -0.1) is 0 Å². The van der Waals surface area contributed by atoms with Gasteiger partial charge in [0.2, 0.25) is 0 Å². The first-order valence-corrected chi connectivity index (χ1v) is 18.6. The molecule has 2 fully saturated rings. The maximum Gasteiger partial charge on any atom is 2.00 e. The van der Waals surface area contributed by atoms with E-state index in [1.807, 2.05) is 0 Å². The number of allylic oxidation sites excluding steroid dienone is 8. The Balaban J connectivity index is 0.00000160. The van der Waals surface area contributed by atoms with Gasteiger partial charge in [0.1, 0.15) is 0 Å². The zero-order chi connectivity index (χ0) is 29.1. The molecule has 4 aliphatic rings. The maximum absolute atomic E-state index is 7.41. The van der Waals surface area contributed by atoms with Crippen LogP contribution < -0.4 is 40.4 Å². The standard InChI is InChI=1S/C41H46OSi.2ClH.Zr/c1-41(39-28-26-32-16-11-13-24-37(32)39,40-29-27-33-17-12-14-25-38(33)40)30-15-31-42-43(34-18-5-2-6-19-34,35-20-7-3-8-21-35)36-22-9-4-10-23-36;;;/h2-14,16-25,32-33,37-40H,15,26-31H2,1H3;2*1H;/q;;;+2/p-2. The first-order valence-electron chi connectivity index (χ1n) is 16.7. The van der Waals surface area contributed by atoms with E-state index >= 15 is 0 Å². The van der Waals surface area contributed by atoms with Crippen molar-refractivity contribution in [2.45, 2.75) is 45.4 Å². The van der Waals surface area contributed by atoms with Crippen LogP contribution in [0.2, 0.25) is 0 Å². The Hall–Kier alpha value is -1.74. The third-order valence-electron chi connectivity index (χ3n) is 11.6. The van der Waals surface area contributed by atoms with Crippen LogP contribution >= 0.6 is 0 Å². The molecular formula is C41H46Cl2OSiZr. The van der Waals surface area contributed by atoms with Crippen LogP contribution in [-0.2, 0) is 30.6 Å². The normalized spacial score (nSPS) is 27.0. The summed E-state index contributed by atoms with van der Waals surface area (Å²) in [7, 11) is -2.68. The van der Waals surface area contributed by atoms with E-state index in [9.17, 15) is 0 Å². The molecule has 3 aromatic carbocycles. The van der Waals surface area contributed by atoms with E-state index < -0.39 is 8.32 Å². The van der Waals surface area contributed by atoms with Crippen LogP contribution in [0.25, 0.3) is 0 Å². The Morgan fingerprint density at radius 2 is 0.978 bits per heavy atom. The topological polar surface area (TPSA) is 9.23 Å². The van der Waals surface area contributed by atoms with Crippen LogP contribution in [0.3, 0.4) is 0 Å². The molecule has 6 atom stereocenters. The number of hydrogen-bond donors (Lipinski definition) is 0. The van der Waals surface area contributed by atoms with Crippen LogP contribution in [0.4, 0.5) is 0 Å². The van der Waals surface area contributed by atoms with Crippen molar-refractivity contribution < 1.29 is 55.4 Å². The average molecular weight is 745 g/mol. The molecule has 0 saturated heterocycles. The van der Waals surface area contributed by atoms with Crippen molar-refractivity contribution >= 4 is 23.9 Å². The van der Waals surface area contributed by atoms with Gasteiger partial charge in [-0.3, -0.25) is 0 Å². The first kappa shape index (κ1) is 37.1. The number of fused-ring (bicyclic) bond motifs is 2. The molecule has 238 valence electrons. The van der Waals surface area contributed by atoms with E-state index in [4.69, 9.17) is 4.43 Å². The number of rotatable bonds is 10. The second-order valence-electron chi connectivity index (χ2n) is 13.6. The van der Waals surface area contributed by atoms with Crippen molar-refractivity contribution in [2.24, 2.45) is 40.9 Å². The van der Waals surface area contributed by atoms with Gasteiger partial charge in [0, 0.05) is 6.61 Å². The average Bonchev–Trinajstić information content (AvgIpc) is 3.72. The molecule has 0 aromatic heterocycles. The maximum atomic E-state index is 7.41. The Morgan fingerprint density at radius 3 is 1.39 bits per heavy atom. The Labute approximate surface area is 309 Å².